The summed E-state index contributed by atoms with van der Waals surface area (Å²) in [6.07, 6.45) is 1.59. The van der Waals surface area contributed by atoms with E-state index in [-0.39, 0.29) is 5.75 Å². The van der Waals surface area contributed by atoms with Crippen molar-refractivity contribution in [3.8, 4) is 17.2 Å². The smallest absolute Gasteiger partial charge is 0.316 e. The maximum absolute atomic E-state index is 12.2. The first-order valence-electron chi connectivity index (χ1n) is 9.14. The number of nitrogens with one attached hydrogen (secondary N) is 1. The van der Waals surface area contributed by atoms with Crippen molar-refractivity contribution in [2.24, 2.45) is 0 Å². The average molecular weight is 443 g/mol. The zero-order valence-corrected chi connectivity index (χ0v) is 18.0. The minimum Gasteiger partial charge on any atom is -0.493 e. The Morgan fingerprint density at radius 3 is 2.32 bits per heavy atom. The molecule has 3 rings (SSSR count). The summed E-state index contributed by atoms with van der Waals surface area (Å²) in [6, 6.07) is 10.6. The summed E-state index contributed by atoms with van der Waals surface area (Å²) < 4.78 is 20.8. The molecule has 1 aromatic heterocycles. The summed E-state index contributed by atoms with van der Waals surface area (Å²) >= 11 is 1.19. The third-order valence-corrected chi connectivity index (χ3v) is 4.95. The van der Waals surface area contributed by atoms with Crippen molar-refractivity contribution in [1.29, 1.82) is 0 Å². The van der Waals surface area contributed by atoms with E-state index in [4.69, 9.17) is 18.9 Å². The van der Waals surface area contributed by atoms with E-state index in [9.17, 15) is 9.59 Å². The van der Waals surface area contributed by atoms with Gasteiger partial charge >= 0.3 is 5.97 Å². The molecule has 0 radical (unpaired) electrons. The van der Waals surface area contributed by atoms with Gasteiger partial charge in [-0.1, -0.05) is 23.9 Å². The van der Waals surface area contributed by atoms with E-state index >= 15 is 0 Å². The molecule has 0 bridgehead atoms. The van der Waals surface area contributed by atoms with E-state index in [1.807, 2.05) is 24.3 Å². The number of carbonyl (C=O) groups excluding carboxylic acids is 2. The highest BCUT2D eigenvalue weighted by atomic mass is 32.2. The van der Waals surface area contributed by atoms with E-state index in [1.54, 1.807) is 18.3 Å². The molecular formula is C21H21N3O6S. The highest BCUT2D eigenvalue weighted by molar-refractivity contribution is 7.99. The largest absolute Gasteiger partial charge is 0.493 e. The van der Waals surface area contributed by atoms with Gasteiger partial charge in [-0.05, 0) is 12.1 Å². The van der Waals surface area contributed by atoms with Crippen LogP contribution in [0.25, 0.3) is 11.0 Å². The van der Waals surface area contributed by atoms with Crippen LogP contribution in [0.1, 0.15) is 0 Å². The minimum atomic E-state index is -0.542. The van der Waals surface area contributed by atoms with Crippen molar-refractivity contribution < 1.29 is 28.5 Å². The Balaban J connectivity index is 1.51. The summed E-state index contributed by atoms with van der Waals surface area (Å²) in [6.45, 7) is -0.431. The lowest BCUT2D eigenvalue weighted by Crippen LogP contribution is -2.21. The Hall–Kier alpha value is -3.53. The summed E-state index contributed by atoms with van der Waals surface area (Å²) in [4.78, 5) is 32.9. The van der Waals surface area contributed by atoms with Gasteiger partial charge < -0.3 is 24.3 Å². The number of methoxy groups -OCH3 is 3. The van der Waals surface area contributed by atoms with Gasteiger partial charge in [0.05, 0.1) is 44.3 Å². The highest BCUT2D eigenvalue weighted by Gasteiger charge is 2.15. The zero-order valence-electron chi connectivity index (χ0n) is 17.2. The van der Waals surface area contributed by atoms with Gasteiger partial charge in [-0.2, -0.15) is 0 Å². The summed E-state index contributed by atoms with van der Waals surface area (Å²) in [7, 11) is 4.43. The summed E-state index contributed by atoms with van der Waals surface area (Å²) in [5, 5.41) is 3.23. The first-order valence-corrected chi connectivity index (χ1v) is 10.1. The van der Waals surface area contributed by atoms with E-state index in [0.717, 1.165) is 11.0 Å². The Morgan fingerprint density at radius 2 is 1.68 bits per heavy atom. The van der Waals surface area contributed by atoms with E-state index in [1.165, 1.54) is 33.1 Å². The molecule has 0 aliphatic carbocycles. The molecule has 0 saturated heterocycles. The molecule has 162 valence electrons. The fraction of sp³-hybridized carbons (Fsp3) is 0.238. The number of nitrogens with zero attached hydrogens (tertiary/aromatic N) is 2. The first kappa shape index (κ1) is 22.2. The predicted molar refractivity (Wildman–Crippen MR) is 116 cm³/mol. The Labute approximate surface area is 183 Å². The van der Waals surface area contributed by atoms with Crippen molar-refractivity contribution in [1.82, 2.24) is 9.97 Å². The fourth-order valence-electron chi connectivity index (χ4n) is 2.68. The van der Waals surface area contributed by atoms with E-state index in [2.05, 4.69) is 15.3 Å². The zero-order chi connectivity index (χ0) is 22.2. The van der Waals surface area contributed by atoms with Gasteiger partial charge in [0, 0.05) is 17.8 Å². The van der Waals surface area contributed by atoms with Crippen LogP contribution >= 0.6 is 11.8 Å². The molecule has 0 saturated carbocycles. The molecule has 1 heterocycles. The number of ether oxygens (including phenoxy) is 4. The lowest BCUT2D eigenvalue weighted by Gasteiger charge is -2.14. The molecule has 1 N–H and O–H groups in total. The van der Waals surface area contributed by atoms with Gasteiger partial charge in [0.25, 0.3) is 5.91 Å². The predicted octanol–water partition coefficient (Wildman–Crippen LogP) is 2.93. The second-order valence-electron chi connectivity index (χ2n) is 6.11. The molecular weight excluding hydrogens is 422 g/mol. The molecule has 1 amide bonds. The highest BCUT2D eigenvalue weighted by Crippen LogP contribution is 2.39. The molecule has 31 heavy (non-hydrogen) atoms. The average Bonchev–Trinajstić information content (AvgIpc) is 2.80. The third kappa shape index (κ3) is 5.76. The fourth-order valence-corrected chi connectivity index (χ4v) is 3.32. The number of amides is 1. The minimum absolute atomic E-state index is 0.00445. The lowest BCUT2D eigenvalue weighted by molar-refractivity contribution is -0.144. The van der Waals surface area contributed by atoms with Gasteiger partial charge in [-0.25, -0.2) is 4.98 Å². The van der Waals surface area contributed by atoms with Crippen LogP contribution < -0.4 is 19.5 Å². The Kier molecular flexibility index (Phi) is 7.50. The number of aromatic nitrogens is 2. The van der Waals surface area contributed by atoms with Crippen LogP contribution in [-0.2, 0) is 14.3 Å². The second kappa shape index (κ2) is 10.5. The van der Waals surface area contributed by atoms with Crippen molar-refractivity contribution in [3.63, 3.8) is 0 Å². The van der Waals surface area contributed by atoms with Crippen LogP contribution in [0.15, 0.2) is 47.6 Å². The van der Waals surface area contributed by atoms with E-state index < -0.39 is 18.5 Å². The third-order valence-electron chi connectivity index (χ3n) is 4.08. The monoisotopic (exact) mass is 443 g/mol. The Morgan fingerprint density at radius 1 is 1.00 bits per heavy atom. The van der Waals surface area contributed by atoms with Gasteiger partial charge in [0.2, 0.25) is 5.75 Å². The first-order chi connectivity index (χ1) is 15.0. The van der Waals surface area contributed by atoms with Crippen molar-refractivity contribution in [2.75, 3.05) is 39.0 Å². The van der Waals surface area contributed by atoms with Gasteiger partial charge in [0.15, 0.2) is 18.1 Å². The number of para-hydroxylation sites is 2. The van der Waals surface area contributed by atoms with Crippen LogP contribution in [0.5, 0.6) is 17.2 Å². The van der Waals surface area contributed by atoms with Crippen molar-refractivity contribution in [2.45, 2.75) is 5.03 Å². The van der Waals surface area contributed by atoms with Crippen molar-refractivity contribution in [3.05, 3.63) is 42.6 Å². The molecule has 3 aromatic rings. The van der Waals surface area contributed by atoms with Gasteiger partial charge in [-0.15, -0.1) is 0 Å². The molecule has 10 heteroatoms. The van der Waals surface area contributed by atoms with Crippen LogP contribution in [0, 0.1) is 0 Å². The number of esters is 1. The topological polar surface area (TPSA) is 109 Å². The molecule has 0 aliphatic rings. The number of rotatable bonds is 9. The number of thioether (sulfide) groups is 1. The lowest BCUT2D eigenvalue weighted by atomic mass is 10.2. The number of carbonyl (C=O) groups is 2. The standard InChI is InChI=1S/C21H21N3O6S/c1-27-16-8-13(9-17(28-2)21(16)29-3)23-18(25)11-30-20(26)12-31-19-10-22-14-6-4-5-7-15(14)24-19/h4-10H,11-12H2,1-3H3,(H,23,25). The molecule has 0 spiro atoms. The molecule has 0 fully saturated rings. The molecule has 0 atom stereocenters. The maximum atomic E-state index is 12.2. The van der Waals surface area contributed by atoms with Gasteiger partial charge in [-0.3, -0.25) is 14.6 Å². The molecule has 2 aromatic carbocycles. The van der Waals surface area contributed by atoms with E-state index in [0.29, 0.717) is 28.0 Å². The maximum Gasteiger partial charge on any atom is 0.316 e. The van der Waals surface area contributed by atoms with Crippen LogP contribution in [0.4, 0.5) is 5.69 Å². The molecule has 0 unspecified atom stereocenters. The van der Waals surface area contributed by atoms with Crippen LogP contribution in [-0.4, -0.2) is 55.5 Å². The molecule has 0 aliphatic heterocycles. The molecule has 9 nitrogen and oxygen atoms in total. The second-order valence-corrected chi connectivity index (χ2v) is 7.10. The Bertz CT molecular complexity index is 1070. The SMILES string of the molecule is COc1cc(NC(=O)COC(=O)CSc2cnc3ccccc3n2)cc(OC)c1OC. The number of fused-ring (bicyclic) bond motifs is 1. The van der Waals surface area contributed by atoms with Crippen LogP contribution in [0.3, 0.4) is 0 Å². The van der Waals surface area contributed by atoms with Crippen molar-refractivity contribution >= 4 is 40.4 Å². The summed E-state index contributed by atoms with van der Waals surface area (Å²) in [5.74, 6) is 0.148. The number of anilines is 1. The quantitative estimate of drug-likeness (QED) is 0.394. The number of benzene rings is 2. The summed E-state index contributed by atoms with van der Waals surface area (Å²) in [5.41, 5.74) is 1.93. The number of hydrogen-bond acceptors (Lipinski definition) is 9. The van der Waals surface area contributed by atoms with Gasteiger partial charge in [0.1, 0.15) is 5.03 Å². The van der Waals surface area contributed by atoms with Crippen LogP contribution in [0.2, 0.25) is 0 Å². The normalized spacial score (nSPS) is 10.4. The number of hydrogen-bond donors (Lipinski definition) is 1.